The van der Waals surface area contributed by atoms with Crippen LogP contribution in [0.15, 0.2) is 64.9 Å². The van der Waals surface area contributed by atoms with Crippen LogP contribution in [0.4, 0.5) is 5.00 Å². The number of thioether (sulfide) groups is 1. The lowest BCUT2D eigenvalue weighted by molar-refractivity contribution is -0.113. The number of thiophene rings is 1. The Balaban J connectivity index is 1.46. The van der Waals surface area contributed by atoms with E-state index in [1.165, 1.54) is 23.1 Å². The number of para-hydroxylation sites is 1. The lowest BCUT2D eigenvalue weighted by Gasteiger charge is -2.05. The van der Waals surface area contributed by atoms with E-state index >= 15 is 0 Å². The standard InChI is InChI=1S/C19H13ClN2OS3/c20-12-5-7-13(8-6-12)25-11-17(23)22-18-14(9-10-24-18)19-21-15-3-1-2-4-16(15)26-19/h1-10H,11H2,(H,22,23). The first-order valence-corrected chi connectivity index (χ1v) is 10.9. The second kappa shape index (κ2) is 7.80. The summed E-state index contributed by atoms with van der Waals surface area (Å²) in [6.45, 7) is 0. The number of hydrogen-bond donors (Lipinski definition) is 1. The Kier molecular flexibility index (Phi) is 5.26. The summed E-state index contributed by atoms with van der Waals surface area (Å²) < 4.78 is 1.14. The molecule has 0 spiro atoms. The molecule has 0 saturated heterocycles. The number of anilines is 1. The van der Waals surface area contributed by atoms with Crippen molar-refractivity contribution in [3.8, 4) is 10.6 Å². The quantitative estimate of drug-likeness (QED) is 0.382. The Bertz CT molecular complexity index is 1020. The molecule has 2 aromatic heterocycles. The average molecular weight is 417 g/mol. The lowest BCUT2D eigenvalue weighted by atomic mass is 10.3. The molecule has 0 saturated carbocycles. The molecule has 7 heteroatoms. The van der Waals surface area contributed by atoms with Crippen molar-refractivity contribution in [1.82, 2.24) is 4.98 Å². The highest BCUT2D eigenvalue weighted by molar-refractivity contribution is 8.00. The van der Waals surface area contributed by atoms with Gasteiger partial charge in [-0.1, -0.05) is 23.7 Å². The third-order valence-corrected chi connectivity index (χ3v) is 6.79. The maximum absolute atomic E-state index is 12.3. The molecule has 1 N–H and O–H groups in total. The van der Waals surface area contributed by atoms with Gasteiger partial charge in [0.2, 0.25) is 5.91 Å². The average Bonchev–Trinajstić information content (AvgIpc) is 3.27. The molecule has 0 fully saturated rings. The molecule has 0 aliphatic carbocycles. The molecule has 0 bridgehead atoms. The number of thiazole rings is 1. The van der Waals surface area contributed by atoms with E-state index in [4.69, 9.17) is 11.6 Å². The van der Waals surface area contributed by atoms with E-state index in [9.17, 15) is 4.79 Å². The topological polar surface area (TPSA) is 42.0 Å². The van der Waals surface area contributed by atoms with Crippen LogP contribution in [-0.4, -0.2) is 16.6 Å². The van der Waals surface area contributed by atoms with Gasteiger partial charge < -0.3 is 5.32 Å². The highest BCUT2D eigenvalue weighted by Gasteiger charge is 2.14. The minimum atomic E-state index is -0.0326. The van der Waals surface area contributed by atoms with Crippen molar-refractivity contribution in [2.45, 2.75) is 4.90 Å². The third-order valence-electron chi connectivity index (χ3n) is 3.63. The molecular weight excluding hydrogens is 404 g/mol. The van der Waals surface area contributed by atoms with Crippen LogP contribution in [0, 0.1) is 0 Å². The first-order valence-electron chi connectivity index (χ1n) is 7.81. The second-order valence-corrected chi connectivity index (χ2v) is 8.87. The molecule has 0 aliphatic rings. The Morgan fingerprint density at radius 2 is 1.92 bits per heavy atom. The number of nitrogens with zero attached hydrogens (tertiary/aromatic N) is 1. The van der Waals surface area contributed by atoms with Crippen LogP contribution in [0.5, 0.6) is 0 Å². The predicted molar refractivity (Wildman–Crippen MR) is 114 cm³/mol. The van der Waals surface area contributed by atoms with Gasteiger partial charge in [-0.3, -0.25) is 4.79 Å². The highest BCUT2D eigenvalue weighted by Crippen LogP contribution is 2.37. The SMILES string of the molecule is O=C(CSc1ccc(Cl)cc1)Nc1sccc1-c1nc2ccccc2s1. The zero-order valence-corrected chi connectivity index (χ0v) is 16.6. The van der Waals surface area contributed by atoms with Crippen LogP contribution >= 0.6 is 46.0 Å². The number of amides is 1. The van der Waals surface area contributed by atoms with Gasteiger partial charge in [0.1, 0.15) is 10.0 Å². The number of halogens is 1. The summed E-state index contributed by atoms with van der Waals surface area (Å²) >= 11 is 10.5. The zero-order valence-electron chi connectivity index (χ0n) is 13.4. The van der Waals surface area contributed by atoms with E-state index in [1.807, 2.05) is 53.9 Å². The van der Waals surface area contributed by atoms with Crippen LogP contribution in [0.2, 0.25) is 5.02 Å². The number of nitrogens with one attached hydrogen (secondary N) is 1. The van der Waals surface area contributed by atoms with E-state index in [1.54, 1.807) is 11.3 Å². The molecule has 1 amide bonds. The van der Waals surface area contributed by atoms with Gasteiger partial charge in [0, 0.05) is 15.5 Å². The van der Waals surface area contributed by atoms with Gasteiger partial charge in [0.25, 0.3) is 0 Å². The molecule has 2 heterocycles. The third kappa shape index (κ3) is 3.94. The Hall–Kier alpha value is -1.86. The fourth-order valence-electron chi connectivity index (χ4n) is 2.40. The second-order valence-electron chi connectivity index (χ2n) is 5.44. The normalized spacial score (nSPS) is 11.0. The Labute approximate surface area is 168 Å². The van der Waals surface area contributed by atoms with Crippen LogP contribution < -0.4 is 5.32 Å². The van der Waals surface area contributed by atoms with Crippen LogP contribution in [-0.2, 0) is 4.79 Å². The summed E-state index contributed by atoms with van der Waals surface area (Å²) in [4.78, 5) is 18.0. The van der Waals surface area contributed by atoms with Gasteiger partial charge in [-0.15, -0.1) is 34.4 Å². The molecule has 130 valence electrons. The van der Waals surface area contributed by atoms with Crippen molar-refractivity contribution in [3.05, 3.63) is 65.0 Å². The summed E-state index contributed by atoms with van der Waals surface area (Å²) in [5.41, 5.74) is 1.95. The maximum Gasteiger partial charge on any atom is 0.235 e. The minimum absolute atomic E-state index is 0.0326. The first-order chi connectivity index (χ1) is 12.7. The van der Waals surface area contributed by atoms with Crippen molar-refractivity contribution in [1.29, 1.82) is 0 Å². The molecule has 0 atom stereocenters. The van der Waals surface area contributed by atoms with Crippen molar-refractivity contribution in [3.63, 3.8) is 0 Å². The molecule has 0 radical (unpaired) electrons. The smallest absolute Gasteiger partial charge is 0.235 e. The summed E-state index contributed by atoms with van der Waals surface area (Å²) in [6, 6.07) is 17.5. The van der Waals surface area contributed by atoms with Crippen molar-refractivity contribution in [2.24, 2.45) is 0 Å². The summed E-state index contributed by atoms with van der Waals surface area (Å²) in [5, 5.41) is 7.45. The van der Waals surface area contributed by atoms with Gasteiger partial charge in [0.05, 0.1) is 16.0 Å². The van der Waals surface area contributed by atoms with E-state index in [-0.39, 0.29) is 5.91 Å². The Morgan fingerprint density at radius 3 is 2.73 bits per heavy atom. The van der Waals surface area contributed by atoms with Gasteiger partial charge in [-0.05, 0) is 47.8 Å². The molecule has 4 aromatic rings. The lowest BCUT2D eigenvalue weighted by Crippen LogP contribution is -2.13. The Morgan fingerprint density at radius 1 is 1.12 bits per heavy atom. The van der Waals surface area contributed by atoms with Crippen LogP contribution in [0.3, 0.4) is 0 Å². The number of benzene rings is 2. The minimum Gasteiger partial charge on any atom is -0.316 e. The molecule has 26 heavy (non-hydrogen) atoms. The number of fused-ring (bicyclic) bond motifs is 1. The van der Waals surface area contributed by atoms with Crippen molar-refractivity contribution >= 4 is 67.2 Å². The van der Waals surface area contributed by atoms with Gasteiger partial charge in [-0.2, -0.15) is 0 Å². The van der Waals surface area contributed by atoms with Crippen molar-refractivity contribution < 1.29 is 4.79 Å². The zero-order chi connectivity index (χ0) is 17.9. The van der Waals surface area contributed by atoms with E-state index in [0.717, 1.165) is 30.7 Å². The molecule has 0 aliphatic heterocycles. The van der Waals surface area contributed by atoms with Gasteiger partial charge in [0.15, 0.2) is 0 Å². The summed E-state index contributed by atoms with van der Waals surface area (Å²) in [5.74, 6) is 0.313. The largest absolute Gasteiger partial charge is 0.316 e. The molecule has 3 nitrogen and oxygen atoms in total. The van der Waals surface area contributed by atoms with E-state index in [2.05, 4.69) is 16.4 Å². The van der Waals surface area contributed by atoms with E-state index in [0.29, 0.717) is 10.8 Å². The highest BCUT2D eigenvalue weighted by atomic mass is 35.5. The fourth-order valence-corrected chi connectivity index (χ4v) is 5.10. The van der Waals surface area contributed by atoms with E-state index < -0.39 is 0 Å². The molecule has 2 aromatic carbocycles. The fraction of sp³-hybridized carbons (Fsp3) is 0.0526. The first kappa shape index (κ1) is 17.5. The van der Waals surface area contributed by atoms with Crippen LogP contribution in [0.1, 0.15) is 0 Å². The summed E-state index contributed by atoms with van der Waals surface area (Å²) in [7, 11) is 0. The number of hydrogen-bond acceptors (Lipinski definition) is 5. The van der Waals surface area contributed by atoms with Crippen molar-refractivity contribution in [2.75, 3.05) is 11.1 Å². The number of aromatic nitrogens is 1. The van der Waals surface area contributed by atoms with Gasteiger partial charge in [-0.25, -0.2) is 4.98 Å². The monoisotopic (exact) mass is 416 g/mol. The predicted octanol–water partition coefficient (Wildman–Crippen LogP) is 6.41. The van der Waals surface area contributed by atoms with Gasteiger partial charge >= 0.3 is 0 Å². The molecule has 0 unspecified atom stereocenters. The number of rotatable bonds is 5. The maximum atomic E-state index is 12.3. The molecular formula is C19H13ClN2OS3. The molecule has 4 rings (SSSR count). The number of carbonyl (C=O) groups is 1. The van der Waals surface area contributed by atoms with Crippen LogP contribution in [0.25, 0.3) is 20.8 Å². The number of carbonyl (C=O) groups excluding carboxylic acids is 1. The summed E-state index contributed by atoms with van der Waals surface area (Å²) in [6.07, 6.45) is 0.